The summed E-state index contributed by atoms with van der Waals surface area (Å²) in [7, 11) is 0. The smallest absolute Gasteiger partial charge is 0.232 e. The van der Waals surface area contributed by atoms with E-state index in [-0.39, 0.29) is 11.3 Å². The highest BCUT2D eigenvalue weighted by Gasteiger charge is 2.35. The molecule has 0 unspecified atom stereocenters. The van der Waals surface area contributed by atoms with Gasteiger partial charge in [-0.2, -0.15) is 5.26 Å². The zero-order chi connectivity index (χ0) is 51.7. The van der Waals surface area contributed by atoms with E-state index in [0.29, 0.717) is 11.4 Å². The fourth-order valence-corrected chi connectivity index (χ4v) is 13.3. The zero-order valence-electron chi connectivity index (χ0n) is 42.1. The number of benzene rings is 11. The van der Waals surface area contributed by atoms with Crippen LogP contribution in [0.3, 0.4) is 0 Å². The molecule has 8 nitrogen and oxygen atoms in total. The summed E-state index contributed by atoms with van der Waals surface area (Å²) in [5, 5.41) is 24.8. The molecule has 0 saturated carbocycles. The second-order valence-corrected chi connectivity index (χ2v) is 20.7. The molecule has 0 fully saturated rings. The third-order valence-corrected chi connectivity index (χ3v) is 16.5. The number of aromatic nitrogens is 4. The Kier molecular flexibility index (Phi) is 8.40. The number of aryl methyl sites for hydroxylation is 2. The quantitative estimate of drug-likeness (QED) is 0.165. The summed E-state index contributed by atoms with van der Waals surface area (Å²) in [4.78, 5) is 4.66. The van der Waals surface area contributed by atoms with E-state index in [1.54, 1.807) is 0 Å². The van der Waals surface area contributed by atoms with Crippen molar-refractivity contribution in [1.82, 2.24) is 18.3 Å². The summed E-state index contributed by atoms with van der Waals surface area (Å²) in [6.07, 6.45) is 0. The lowest BCUT2D eigenvalue weighted by atomic mass is 10.0. The van der Waals surface area contributed by atoms with Crippen molar-refractivity contribution in [2.75, 3.05) is 0 Å². The van der Waals surface area contributed by atoms with Crippen LogP contribution in [0.2, 0.25) is 0 Å². The first-order valence-electron chi connectivity index (χ1n) is 26.2. The van der Waals surface area contributed by atoms with E-state index in [0.717, 1.165) is 154 Å². The van der Waals surface area contributed by atoms with E-state index in [4.69, 9.17) is 8.83 Å². The summed E-state index contributed by atoms with van der Waals surface area (Å²) < 4.78 is 22.7. The van der Waals surface area contributed by atoms with E-state index in [1.165, 1.54) is 0 Å². The van der Waals surface area contributed by atoms with Crippen molar-refractivity contribution in [2.24, 2.45) is 0 Å². The molecule has 0 bridgehead atoms. The van der Waals surface area contributed by atoms with Crippen LogP contribution in [0.5, 0.6) is 0 Å². The van der Waals surface area contributed by atoms with E-state index < -0.39 is 0 Å². The van der Waals surface area contributed by atoms with Gasteiger partial charge in [0.05, 0.1) is 85.1 Å². The van der Waals surface area contributed by atoms with Gasteiger partial charge in [0.15, 0.2) is 0 Å². The van der Waals surface area contributed by atoms with Gasteiger partial charge in [-0.25, -0.2) is 4.85 Å². The molecule has 17 rings (SSSR count). The van der Waals surface area contributed by atoms with Crippen molar-refractivity contribution in [3.8, 4) is 28.8 Å². The predicted molar refractivity (Wildman–Crippen MR) is 319 cm³/mol. The Bertz CT molecular complexity index is 5180. The molecule has 17 aromatic rings. The van der Waals surface area contributed by atoms with Gasteiger partial charge >= 0.3 is 0 Å². The van der Waals surface area contributed by atoms with Crippen LogP contribution in [0.15, 0.2) is 215 Å². The van der Waals surface area contributed by atoms with Gasteiger partial charge < -0.3 is 27.1 Å². The van der Waals surface area contributed by atoms with Crippen LogP contribution in [-0.4, -0.2) is 18.3 Å². The minimum absolute atomic E-state index is 0.213. The molecule has 0 spiro atoms. The molecule has 78 heavy (non-hydrogen) atoms. The molecular weight excluding hydrogens is 957 g/mol. The van der Waals surface area contributed by atoms with Crippen LogP contribution >= 0.6 is 0 Å². The fraction of sp³-hybridized carbons (Fsp3) is 0.0286. The van der Waals surface area contributed by atoms with Crippen LogP contribution in [0.1, 0.15) is 16.7 Å². The molecule has 362 valence electrons. The maximum atomic E-state index is 12.4. The number of furan rings is 2. The van der Waals surface area contributed by atoms with Crippen LogP contribution in [0, 0.1) is 31.8 Å². The molecule has 0 N–H and O–H groups in total. The summed E-state index contributed by atoms with van der Waals surface area (Å²) >= 11 is 0. The fourth-order valence-electron chi connectivity index (χ4n) is 13.3. The third kappa shape index (κ3) is 5.49. The van der Waals surface area contributed by atoms with E-state index in [1.807, 2.05) is 36.4 Å². The molecule has 0 atom stereocenters. The second-order valence-electron chi connectivity index (χ2n) is 20.7. The number of para-hydroxylation sites is 6. The molecule has 0 aliphatic carbocycles. The molecule has 0 aliphatic heterocycles. The maximum absolute atomic E-state index is 12.4. The average molecular weight is 997 g/mol. The van der Waals surface area contributed by atoms with Gasteiger partial charge in [0.25, 0.3) is 0 Å². The Morgan fingerprint density at radius 2 is 0.679 bits per heavy atom. The Morgan fingerprint density at radius 1 is 0.333 bits per heavy atom. The number of rotatable bonds is 4. The van der Waals surface area contributed by atoms with Crippen molar-refractivity contribution in [1.29, 1.82) is 5.26 Å². The first kappa shape index (κ1) is 42.5. The third-order valence-electron chi connectivity index (χ3n) is 16.5. The van der Waals surface area contributed by atoms with Crippen LogP contribution in [0.25, 0.3) is 159 Å². The van der Waals surface area contributed by atoms with Crippen LogP contribution < -0.4 is 0 Å². The van der Waals surface area contributed by atoms with Gasteiger partial charge in [-0.1, -0.05) is 132 Å². The van der Waals surface area contributed by atoms with E-state index in [9.17, 15) is 11.8 Å². The number of fused-ring (bicyclic) bond motifs is 18. The number of nitriles is 1. The topological polar surface area (TPSA) is 74.2 Å². The highest BCUT2D eigenvalue weighted by atomic mass is 16.3. The lowest BCUT2D eigenvalue weighted by Crippen LogP contribution is -2.15. The normalized spacial score (nSPS) is 12.2. The Labute approximate surface area is 444 Å². The Balaban J connectivity index is 1.19. The minimum atomic E-state index is 0.213. The molecule has 11 aromatic carbocycles. The molecule has 0 aliphatic rings. The van der Waals surface area contributed by atoms with Gasteiger partial charge in [0.2, 0.25) is 5.69 Å². The van der Waals surface area contributed by atoms with E-state index >= 15 is 0 Å². The van der Waals surface area contributed by atoms with Crippen molar-refractivity contribution in [3.63, 3.8) is 0 Å². The van der Waals surface area contributed by atoms with Gasteiger partial charge in [-0.3, -0.25) is 0 Å². The maximum Gasteiger partial charge on any atom is 0.232 e. The summed E-state index contributed by atoms with van der Waals surface area (Å²) in [5.74, 6) is 0. The van der Waals surface area contributed by atoms with E-state index in [2.05, 4.69) is 213 Å². The lowest BCUT2D eigenvalue weighted by Gasteiger charge is -2.28. The standard InChI is InChI=1S/C70H40N6O2/c1-39-28-30-58-47(32-39)49-34-51-45-20-8-14-26-62(45)77-64(51)36-60(49)75(58)67-53(38-71)66(72-3)68(76-59-31-29-40(2)33-48(59)50-35-52-46-21-9-15-27-63(46)78-65(52)37-61(50)76)70(74-56-24-12-6-18-43(56)44-19-7-13-25-57(44)74)69(67)73-54-22-10-4-16-41(54)42-17-5-11-23-55(42)73/h4-37H,1-2H3. The molecule has 0 saturated heterocycles. The summed E-state index contributed by atoms with van der Waals surface area (Å²) in [6.45, 7) is 13.9. The summed E-state index contributed by atoms with van der Waals surface area (Å²) in [6, 6.07) is 75.2. The lowest BCUT2D eigenvalue weighted by molar-refractivity contribution is 0.669. The average Bonchev–Trinajstić information content (AvgIpc) is 3.53. The molecule has 0 radical (unpaired) electrons. The molecule has 8 heteroatoms. The van der Waals surface area contributed by atoms with Gasteiger partial charge in [0, 0.05) is 76.8 Å². The Hall–Kier alpha value is -10.8. The second kappa shape index (κ2) is 15.4. The monoisotopic (exact) mass is 996 g/mol. The predicted octanol–water partition coefficient (Wildman–Crippen LogP) is 18.9. The largest absolute Gasteiger partial charge is 0.456 e. The van der Waals surface area contributed by atoms with Gasteiger partial charge in [-0.15, -0.1) is 0 Å². The van der Waals surface area contributed by atoms with Crippen LogP contribution in [0.4, 0.5) is 5.69 Å². The van der Waals surface area contributed by atoms with Crippen LogP contribution in [-0.2, 0) is 0 Å². The van der Waals surface area contributed by atoms with Gasteiger partial charge in [-0.05, 0) is 86.6 Å². The molecule has 0 amide bonds. The molecule has 6 aromatic heterocycles. The number of hydrogen-bond donors (Lipinski definition) is 0. The van der Waals surface area contributed by atoms with Crippen molar-refractivity contribution >= 4 is 137 Å². The highest BCUT2D eigenvalue weighted by molar-refractivity contribution is 6.21. The SMILES string of the molecule is [C-]#[N+]c1c(C#N)c(-n2c3ccc(C)cc3c3cc4c(cc32)oc2ccccc24)c(-n2c3ccccc3c3ccccc32)c(-n2c3ccccc3c3ccccc32)c1-n1c2ccc(C)cc2c2cc3c(cc21)oc1ccccc13. The minimum Gasteiger partial charge on any atom is -0.456 e. The summed E-state index contributed by atoms with van der Waals surface area (Å²) in [5.41, 5.74) is 15.6. The number of nitrogens with zero attached hydrogens (tertiary/aromatic N) is 6. The molecular formula is C70H40N6O2. The zero-order valence-corrected chi connectivity index (χ0v) is 42.1. The first-order valence-corrected chi connectivity index (χ1v) is 26.2. The molecule has 6 heterocycles. The number of hydrogen-bond acceptors (Lipinski definition) is 3. The first-order chi connectivity index (χ1) is 38.4. The Morgan fingerprint density at radius 3 is 1.10 bits per heavy atom. The van der Waals surface area contributed by atoms with Gasteiger partial charge in [0.1, 0.15) is 22.3 Å². The van der Waals surface area contributed by atoms with Crippen molar-refractivity contribution < 1.29 is 8.83 Å². The van der Waals surface area contributed by atoms with Crippen molar-refractivity contribution in [2.45, 2.75) is 13.8 Å². The highest BCUT2D eigenvalue weighted by Crippen LogP contribution is 2.53. The van der Waals surface area contributed by atoms with Crippen molar-refractivity contribution in [3.05, 3.63) is 234 Å².